The van der Waals surface area contributed by atoms with Crippen molar-refractivity contribution in [3.05, 3.63) is 54.1 Å². The maximum Gasteiger partial charge on any atom is 0.471 e. The number of phenols is 1. The first-order valence-corrected chi connectivity index (χ1v) is 7.86. The van der Waals surface area contributed by atoms with E-state index >= 15 is 0 Å². The summed E-state index contributed by atoms with van der Waals surface area (Å²) in [6.45, 7) is 1.10. The van der Waals surface area contributed by atoms with Crippen molar-refractivity contribution in [2.75, 3.05) is 5.32 Å². The lowest BCUT2D eigenvalue weighted by molar-refractivity contribution is -0.173. The van der Waals surface area contributed by atoms with E-state index < -0.39 is 30.6 Å². The van der Waals surface area contributed by atoms with Crippen LogP contribution in [0.4, 0.5) is 18.9 Å². The molecule has 0 saturated heterocycles. The smallest absolute Gasteiger partial charge is 0.471 e. The molecule has 0 aromatic heterocycles. The summed E-state index contributed by atoms with van der Waals surface area (Å²) < 4.78 is 42.3. The molecular weight excluding hydrogens is 365 g/mol. The van der Waals surface area contributed by atoms with Gasteiger partial charge in [0.15, 0.2) is 6.10 Å². The molecule has 3 N–H and O–H groups in total. The quantitative estimate of drug-likeness (QED) is 0.717. The van der Waals surface area contributed by atoms with Gasteiger partial charge in [0.2, 0.25) is 0 Å². The lowest BCUT2D eigenvalue weighted by Gasteiger charge is -2.17. The van der Waals surface area contributed by atoms with Gasteiger partial charge >= 0.3 is 12.1 Å². The molecule has 0 spiro atoms. The second-order valence-corrected chi connectivity index (χ2v) is 5.58. The fraction of sp³-hybridized carbons (Fsp3) is 0.222. The summed E-state index contributed by atoms with van der Waals surface area (Å²) in [6, 6.07) is 11.9. The number of halogens is 3. The molecule has 9 heteroatoms. The van der Waals surface area contributed by atoms with Crippen LogP contribution >= 0.6 is 0 Å². The van der Waals surface area contributed by atoms with E-state index in [9.17, 15) is 27.9 Å². The minimum Gasteiger partial charge on any atom is -0.508 e. The van der Waals surface area contributed by atoms with Gasteiger partial charge < -0.3 is 20.5 Å². The molecule has 2 aromatic rings. The number of hydrogen-bond acceptors (Lipinski definition) is 4. The second kappa shape index (κ2) is 8.43. The van der Waals surface area contributed by atoms with Crippen molar-refractivity contribution in [2.45, 2.75) is 25.7 Å². The molecule has 0 aliphatic rings. The minimum absolute atomic E-state index is 0.0503. The van der Waals surface area contributed by atoms with Gasteiger partial charge in [-0.1, -0.05) is 18.2 Å². The van der Waals surface area contributed by atoms with Crippen molar-refractivity contribution in [3.8, 4) is 11.5 Å². The zero-order valence-corrected chi connectivity index (χ0v) is 14.2. The van der Waals surface area contributed by atoms with E-state index in [1.165, 1.54) is 43.3 Å². The third-order valence-corrected chi connectivity index (χ3v) is 3.49. The van der Waals surface area contributed by atoms with Crippen molar-refractivity contribution in [3.63, 3.8) is 0 Å². The molecule has 1 unspecified atom stereocenters. The first-order valence-electron chi connectivity index (χ1n) is 7.86. The summed E-state index contributed by atoms with van der Waals surface area (Å²) in [4.78, 5) is 23.2. The van der Waals surface area contributed by atoms with Gasteiger partial charge in [0.1, 0.15) is 11.5 Å². The van der Waals surface area contributed by atoms with Gasteiger partial charge in [-0.25, -0.2) is 0 Å². The van der Waals surface area contributed by atoms with Gasteiger partial charge in [-0.15, -0.1) is 0 Å². The number of aromatic hydroxyl groups is 1. The van der Waals surface area contributed by atoms with Crippen molar-refractivity contribution < 1.29 is 32.6 Å². The molecule has 144 valence electrons. The standard InChI is InChI=1S/C18H17F3N2O4/c1-11(27-14-8-6-13(24)7-9-14)16(25)23-15-5-3-2-4-12(15)10-22-17(26)18(19,20)21/h2-9,11,24H,10H2,1H3,(H,22,26)(H,23,25). The molecular formula is C18H17F3N2O4. The highest BCUT2D eigenvalue weighted by molar-refractivity contribution is 5.94. The number of alkyl halides is 3. The van der Waals surface area contributed by atoms with Crippen LogP contribution in [-0.4, -0.2) is 29.2 Å². The van der Waals surface area contributed by atoms with Crippen molar-refractivity contribution in [1.29, 1.82) is 0 Å². The second-order valence-electron chi connectivity index (χ2n) is 5.58. The summed E-state index contributed by atoms with van der Waals surface area (Å²) in [7, 11) is 0. The van der Waals surface area contributed by atoms with Crippen molar-refractivity contribution >= 4 is 17.5 Å². The Morgan fingerprint density at radius 1 is 1.11 bits per heavy atom. The molecule has 0 heterocycles. The van der Waals surface area contributed by atoms with Gasteiger partial charge in [0.05, 0.1) is 0 Å². The molecule has 0 saturated carbocycles. The summed E-state index contributed by atoms with van der Waals surface area (Å²) in [5, 5.41) is 13.5. The van der Waals surface area contributed by atoms with Crippen LogP contribution in [0.15, 0.2) is 48.5 Å². The lowest BCUT2D eigenvalue weighted by atomic mass is 10.1. The first-order chi connectivity index (χ1) is 12.7. The highest BCUT2D eigenvalue weighted by atomic mass is 19.4. The Morgan fingerprint density at radius 2 is 1.74 bits per heavy atom. The third kappa shape index (κ3) is 5.91. The SMILES string of the molecule is CC(Oc1ccc(O)cc1)C(=O)Nc1ccccc1CNC(=O)C(F)(F)F. The van der Waals surface area contributed by atoms with E-state index in [-0.39, 0.29) is 11.4 Å². The molecule has 0 aliphatic heterocycles. The minimum atomic E-state index is -4.98. The fourth-order valence-corrected chi connectivity index (χ4v) is 2.09. The Labute approximate surface area is 153 Å². The molecule has 2 rings (SSSR count). The average molecular weight is 382 g/mol. The van der Waals surface area contributed by atoms with Crippen molar-refractivity contribution in [1.82, 2.24) is 5.32 Å². The number of nitrogens with one attached hydrogen (secondary N) is 2. The highest BCUT2D eigenvalue weighted by Crippen LogP contribution is 2.20. The van der Waals surface area contributed by atoms with Crippen LogP contribution < -0.4 is 15.4 Å². The average Bonchev–Trinajstić information content (AvgIpc) is 2.61. The summed E-state index contributed by atoms with van der Waals surface area (Å²) in [6.07, 6.45) is -5.89. The number of hydrogen-bond donors (Lipinski definition) is 3. The maximum absolute atomic E-state index is 12.3. The van der Waals surface area contributed by atoms with Gasteiger partial charge in [-0.05, 0) is 42.8 Å². The monoisotopic (exact) mass is 382 g/mol. The Kier molecular flexibility index (Phi) is 6.27. The van der Waals surface area contributed by atoms with Gasteiger partial charge in [0, 0.05) is 12.2 Å². The number of para-hydroxylation sites is 1. The van der Waals surface area contributed by atoms with E-state index in [1.54, 1.807) is 17.4 Å². The van der Waals surface area contributed by atoms with E-state index in [0.717, 1.165) is 0 Å². The molecule has 27 heavy (non-hydrogen) atoms. The number of amides is 2. The summed E-state index contributed by atoms with van der Waals surface area (Å²) in [5.74, 6) is -2.18. The Bertz CT molecular complexity index is 807. The van der Waals surface area contributed by atoms with Gasteiger partial charge in [-0.2, -0.15) is 13.2 Å². The van der Waals surface area contributed by atoms with Gasteiger partial charge in [-0.3, -0.25) is 9.59 Å². The molecule has 0 radical (unpaired) electrons. The number of ether oxygens (including phenoxy) is 1. The van der Waals surface area contributed by atoms with Crippen LogP contribution in [0.3, 0.4) is 0 Å². The van der Waals surface area contributed by atoms with Crippen LogP contribution in [0.25, 0.3) is 0 Å². The number of benzene rings is 2. The molecule has 0 bridgehead atoms. The first kappa shape index (κ1) is 20.1. The number of carbonyl (C=O) groups excluding carboxylic acids is 2. The van der Waals surface area contributed by atoms with Gasteiger partial charge in [0.25, 0.3) is 5.91 Å². The topological polar surface area (TPSA) is 87.7 Å². The fourth-order valence-electron chi connectivity index (χ4n) is 2.09. The highest BCUT2D eigenvalue weighted by Gasteiger charge is 2.38. The zero-order valence-electron chi connectivity index (χ0n) is 14.2. The van der Waals surface area contributed by atoms with Crippen molar-refractivity contribution in [2.24, 2.45) is 0 Å². The van der Waals surface area contributed by atoms with Crippen LogP contribution in [0, 0.1) is 0 Å². The van der Waals surface area contributed by atoms with E-state index in [0.29, 0.717) is 11.3 Å². The number of carbonyl (C=O) groups is 2. The van der Waals surface area contributed by atoms with Crippen LogP contribution in [0.1, 0.15) is 12.5 Å². The van der Waals surface area contributed by atoms with Crippen LogP contribution in [-0.2, 0) is 16.1 Å². The summed E-state index contributed by atoms with van der Waals surface area (Å²) in [5.41, 5.74) is 0.561. The molecule has 2 amide bonds. The molecule has 0 aliphatic carbocycles. The third-order valence-electron chi connectivity index (χ3n) is 3.49. The number of anilines is 1. The Morgan fingerprint density at radius 3 is 2.37 bits per heavy atom. The van der Waals surface area contributed by atoms with E-state index in [2.05, 4.69) is 5.32 Å². The normalized spacial score (nSPS) is 12.1. The maximum atomic E-state index is 12.3. The Balaban J connectivity index is 2.00. The predicted octanol–water partition coefficient (Wildman–Crippen LogP) is 2.98. The Hall–Kier alpha value is -3.23. The van der Waals surface area contributed by atoms with E-state index in [1.807, 2.05) is 0 Å². The molecule has 2 aromatic carbocycles. The molecule has 6 nitrogen and oxygen atoms in total. The zero-order chi connectivity index (χ0) is 20.0. The van der Waals surface area contributed by atoms with Crippen LogP contribution in [0.2, 0.25) is 0 Å². The predicted molar refractivity (Wildman–Crippen MR) is 91.2 cm³/mol. The van der Waals surface area contributed by atoms with E-state index in [4.69, 9.17) is 4.74 Å². The number of phenolic OH excluding ortho intramolecular Hbond substituents is 1. The van der Waals surface area contributed by atoms with Crippen LogP contribution in [0.5, 0.6) is 11.5 Å². The molecule has 0 fully saturated rings. The number of rotatable bonds is 6. The largest absolute Gasteiger partial charge is 0.508 e. The lowest BCUT2D eigenvalue weighted by Crippen LogP contribution is -2.36. The molecule has 1 atom stereocenters. The summed E-state index contributed by atoms with van der Waals surface area (Å²) >= 11 is 0.